The Bertz CT molecular complexity index is 457. The highest BCUT2D eigenvalue weighted by molar-refractivity contribution is 5.81. The van der Waals surface area contributed by atoms with Crippen molar-refractivity contribution >= 4 is 12.0 Å². The summed E-state index contributed by atoms with van der Waals surface area (Å²) in [7, 11) is 0. The molecule has 0 N–H and O–H groups in total. The molecule has 0 bridgehead atoms. The Morgan fingerprint density at radius 2 is 1.55 bits per heavy atom. The van der Waals surface area contributed by atoms with Crippen molar-refractivity contribution in [2.24, 2.45) is 11.3 Å². The van der Waals surface area contributed by atoms with Crippen LogP contribution >= 0.6 is 0 Å². The molecule has 2 amide bonds. The van der Waals surface area contributed by atoms with Crippen LogP contribution in [0.4, 0.5) is 4.79 Å². The van der Waals surface area contributed by atoms with Crippen molar-refractivity contribution in [1.82, 2.24) is 9.80 Å². The van der Waals surface area contributed by atoms with E-state index in [1.807, 2.05) is 30.6 Å². The van der Waals surface area contributed by atoms with Crippen molar-refractivity contribution in [2.45, 2.75) is 58.5 Å². The van der Waals surface area contributed by atoms with E-state index in [9.17, 15) is 9.59 Å². The van der Waals surface area contributed by atoms with Crippen molar-refractivity contribution in [3.8, 4) is 0 Å². The number of piperidine rings is 1. The summed E-state index contributed by atoms with van der Waals surface area (Å²) in [4.78, 5) is 28.2. The Morgan fingerprint density at radius 1 is 1.00 bits per heavy atom. The highest BCUT2D eigenvalue weighted by Crippen LogP contribution is 2.42. The van der Waals surface area contributed by atoms with Crippen LogP contribution in [0.5, 0.6) is 0 Å². The molecule has 0 aromatic rings. The maximum atomic E-state index is 12.2. The van der Waals surface area contributed by atoms with Crippen LogP contribution in [0.3, 0.4) is 0 Å². The lowest BCUT2D eigenvalue weighted by atomic mass is 9.77. The highest BCUT2D eigenvalue weighted by atomic mass is 16.6. The Hall–Kier alpha value is -1.26. The van der Waals surface area contributed by atoms with Crippen molar-refractivity contribution in [1.29, 1.82) is 0 Å². The van der Waals surface area contributed by atoms with Gasteiger partial charge >= 0.3 is 6.09 Å². The second-order valence-electron chi connectivity index (χ2n) is 8.25. The lowest BCUT2D eigenvalue weighted by Crippen LogP contribution is -2.45. The van der Waals surface area contributed by atoms with Gasteiger partial charge in [-0.05, 0) is 58.3 Å². The molecule has 2 saturated heterocycles. The first kappa shape index (κ1) is 15.6. The summed E-state index contributed by atoms with van der Waals surface area (Å²) in [5, 5.41) is 0. The smallest absolute Gasteiger partial charge is 0.410 e. The van der Waals surface area contributed by atoms with Gasteiger partial charge < -0.3 is 14.5 Å². The van der Waals surface area contributed by atoms with E-state index < -0.39 is 5.60 Å². The lowest BCUT2D eigenvalue weighted by molar-refractivity contribution is -0.134. The molecule has 22 heavy (non-hydrogen) atoms. The number of rotatable bonds is 1. The van der Waals surface area contributed by atoms with E-state index in [1.165, 1.54) is 0 Å². The van der Waals surface area contributed by atoms with Crippen molar-refractivity contribution in [2.75, 3.05) is 26.2 Å². The van der Waals surface area contributed by atoms with Crippen LogP contribution in [0.25, 0.3) is 0 Å². The van der Waals surface area contributed by atoms with Gasteiger partial charge in [0.1, 0.15) is 5.60 Å². The summed E-state index contributed by atoms with van der Waals surface area (Å²) in [6, 6.07) is 0. The molecule has 0 unspecified atom stereocenters. The quantitative estimate of drug-likeness (QED) is 0.748. The summed E-state index contributed by atoms with van der Waals surface area (Å²) < 4.78 is 5.48. The maximum absolute atomic E-state index is 12.2. The Morgan fingerprint density at radius 3 is 2.05 bits per heavy atom. The largest absolute Gasteiger partial charge is 0.444 e. The highest BCUT2D eigenvalue weighted by Gasteiger charge is 2.45. The van der Waals surface area contributed by atoms with E-state index in [0.717, 1.165) is 58.3 Å². The van der Waals surface area contributed by atoms with Gasteiger partial charge in [-0.25, -0.2) is 4.79 Å². The third kappa shape index (κ3) is 3.39. The van der Waals surface area contributed by atoms with Gasteiger partial charge in [-0.2, -0.15) is 0 Å². The zero-order valence-electron chi connectivity index (χ0n) is 14.1. The standard InChI is InChI=1S/C17H28N2O3/c1-16(2,3)22-15(21)19-11-8-17(12-19)6-9-18(10-7-17)14(20)13-4-5-13/h13H,4-12H2,1-3H3. The fourth-order valence-corrected chi connectivity index (χ4v) is 3.62. The SMILES string of the molecule is CC(C)(C)OC(=O)N1CCC2(CCN(C(=O)C3CC3)CC2)C1. The van der Waals surface area contributed by atoms with Crippen LogP contribution in [-0.2, 0) is 9.53 Å². The normalized spacial score (nSPS) is 24.7. The number of ether oxygens (including phenoxy) is 1. The molecule has 0 atom stereocenters. The predicted octanol–water partition coefficient (Wildman–Crippen LogP) is 2.65. The second kappa shape index (κ2) is 5.43. The zero-order chi connectivity index (χ0) is 16.0. The van der Waals surface area contributed by atoms with Gasteiger partial charge in [0.2, 0.25) is 5.91 Å². The van der Waals surface area contributed by atoms with E-state index in [0.29, 0.717) is 11.8 Å². The van der Waals surface area contributed by atoms with Crippen molar-refractivity contribution in [3.63, 3.8) is 0 Å². The first-order valence-electron chi connectivity index (χ1n) is 8.55. The third-order valence-corrected chi connectivity index (χ3v) is 5.15. The Labute approximate surface area is 133 Å². The molecule has 3 rings (SSSR count). The maximum Gasteiger partial charge on any atom is 0.410 e. The van der Waals surface area contributed by atoms with Crippen molar-refractivity contribution < 1.29 is 14.3 Å². The summed E-state index contributed by atoms with van der Waals surface area (Å²) in [6.07, 6.45) is 5.04. The molecule has 0 radical (unpaired) electrons. The van der Waals surface area contributed by atoms with Crippen LogP contribution < -0.4 is 0 Å². The summed E-state index contributed by atoms with van der Waals surface area (Å²) in [5.74, 6) is 0.674. The molecular weight excluding hydrogens is 280 g/mol. The van der Waals surface area contributed by atoms with Crippen molar-refractivity contribution in [3.05, 3.63) is 0 Å². The first-order valence-corrected chi connectivity index (χ1v) is 8.55. The average molecular weight is 308 g/mol. The van der Waals surface area contributed by atoms with Crippen LogP contribution in [0.1, 0.15) is 52.9 Å². The molecule has 0 aromatic heterocycles. The molecule has 0 aromatic carbocycles. The molecule has 1 saturated carbocycles. The molecule has 3 fully saturated rings. The summed E-state index contributed by atoms with van der Waals surface area (Å²) in [5.41, 5.74) is -0.232. The molecule has 124 valence electrons. The van der Waals surface area contributed by atoms with E-state index in [2.05, 4.69) is 0 Å². The van der Waals surface area contributed by atoms with Gasteiger partial charge in [-0.1, -0.05) is 0 Å². The molecule has 3 aliphatic rings. The van der Waals surface area contributed by atoms with Gasteiger partial charge in [0.25, 0.3) is 0 Å². The number of carbonyl (C=O) groups is 2. The lowest BCUT2D eigenvalue weighted by Gasteiger charge is -2.39. The number of likely N-dealkylation sites (tertiary alicyclic amines) is 2. The minimum absolute atomic E-state index is 0.194. The Balaban J connectivity index is 1.52. The zero-order valence-corrected chi connectivity index (χ0v) is 14.1. The van der Waals surface area contributed by atoms with E-state index in [4.69, 9.17) is 4.74 Å². The van der Waals surface area contributed by atoms with Gasteiger partial charge in [-0.3, -0.25) is 4.79 Å². The molecule has 2 aliphatic heterocycles. The van der Waals surface area contributed by atoms with Gasteiger partial charge in [-0.15, -0.1) is 0 Å². The molecular formula is C17H28N2O3. The molecule has 5 heteroatoms. The Kier molecular flexibility index (Phi) is 3.86. The minimum Gasteiger partial charge on any atom is -0.444 e. The molecule has 1 aliphatic carbocycles. The summed E-state index contributed by atoms with van der Waals surface area (Å²) >= 11 is 0. The van der Waals surface area contributed by atoms with Gasteiger partial charge in [0, 0.05) is 32.1 Å². The topological polar surface area (TPSA) is 49.9 Å². The molecule has 1 spiro atoms. The van der Waals surface area contributed by atoms with E-state index in [1.54, 1.807) is 0 Å². The predicted molar refractivity (Wildman–Crippen MR) is 83.4 cm³/mol. The van der Waals surface area contributed by atoms with Crippen LogP contribution in [0, 0.1) is 11.3 Å². The number of nitrogens with zero attached hydrogens (tertiary/aromatic N) is 2. The third-order valence-electron chi connectivity index (χ3n) is 5.15. The number of hydrogen-bond donors (Lipinski definition) is 0. The monoisotopic (exact) mass is 308 g/mol. The van der Waals surface area contributed by atoms with Crippen LogP contribution in [0.2, 0.25) is 0 Å². The van der Waals surface area contributed by atoms with Crippen LogP contribution in [0.15, 0.2) is 0 Å². The summed E-state index contributed by atoms with van der Waals surface area (Å²) in [6.45, 7) is 8.99. The van der Waals surface area contributed by atoms with E-state index in [-0.39, 0.29) is 11.5 Å². The van der Waals surface area contributed by atoms with Crippen LogP contribution in [-0.4, -0.2) is 53.6 Å². The average Bonchev–Trinajstić information content (AvgIpc) is 3.20. The number of amides is 2. The fourth-order valence-electron chi connectivity index (χ4n) is 3.62. The molecule has 5 nitrogen and oxygen atoms in total. The number of hydrogen-bond acceptors (Lipinski definition) is 3. The van der Waals surface area contributed by atoms with E-state index >= 15 is 0 Å². The number of carbonyl (C=O) groups excluding carboxylic acids is 2. The first-order chi connectivity index (χ1) is 10.3. The fraction of sp³-hybridized carbons (Fsp3) is 0.882. The van der Waals surface area contributed by atoms with Gasteiger partial charge in [0.15, 0.2) is 0 Å². The molecule has 2 heterocycles. The minimum atomic E-state index is -0.438. The van der Waals surface area contributed by atoms with Gasteiger partial charge in [0.05, 0.1) is 0 Å². The second-order valence-corrected chi connectivity index (χ2v) is 8.25.